The molecule has 0 aliphatic carbocycles. The Morgan fingerprint density at radius 3 is 1.96 bits per heavy atom. The Morgan fingerprint density at radius 2 is 1.30 bits per heavy atom. The molecule has 4 aromatic rings. The zero-order valence-electron chi connectivity index (χ0n) is 25.8. The van der Waals surface area contributed by atoms with Crippen LogP contribution in [-0.4, -0.2) is 58.0 Å². The minimum absolute atomic E-state index is 0.293. The number of benzene rings is 4. The minimum Gasteiger partial charge on any atom is -0.493 e. The number of para-hydroxylation sites is 2. The van der Waals surface area contributed by atoms with Crippen molar-refractivity contribution in [2.24, 2.45) is 5.92 Å². The molecule has 1 N–H and O–H groups in total. The molecular formula is C37H32N2O7. The van der Waals surface area contributed by atoms with Gasteiger partial charge in [-0.1, -0.05) is 48.6 Å². The van der Waals surface area contributed by atoms with Crippen molar-refractivity contribution in [3.05, 3.63) is 113 Å². The molecule has 46 heavy (non-hydrogen) atoms. The van der Waals surface area contributed by atoms with E-state index < -0.39 is 23.4 Å². The molecule has 0 bridgehead atoms. The van der Waals surface area contributed by atoms with E-state index in [9.17, 15) is 4.79 Å². The third kappa shape index (κ3) is 4.04. The minimum atomic E-state index is -1.44. The summed E-state index contributed by atoms with van der Waals surface area (Å²) in [5.41, 5.74) is 2.09. The lowest BCUT2D eigenvalue weighted by molar-refractivity contribution is -0.121. The van der Waals surface area contributed by atoms with Gasteiger partial charge < -0.3 is 29.2 Å². The average molecular weight is 617 g/mol. The van der Waals surface area contributed by atoms with Gasteiger partial charge in [-0.05, 0) is 59.7 Å². The molecule has 0 aromatic heterocycles. The highest BCUT2D eigenvalue weighted by molar-refractivity contribution is 6.18. The van der Waals surface area contributed by atoms with Crippen molar-refractivity contribution in [1.82, 2.24) is 0 Å². The second-order valence-electron chi connectivity index (χ2n) is 11.4. The zero-order chi connectivity index (χ0) is 32.2. The molecule has 4 atom stereocenters. The first-order valence-corrected chi connectivity index (χ1v) is 14.9. The van der Waals surface area contributed by atoms with Gasteiger partial charge in [0, 0.05) is 22.5 Å². The number of hydrogen-bond donors (Lipinski definition) is 1. The van der Waals surface area contributed by atoms with Gasteiger partial charge in [-0.2, -0.15) is 0 Å². The van der Waals surface area contributed by atoms with Gasteiger partial charge in [-0.25, -0.2) is 0 Å². The Bertz CT molecular complexity index is 1930. The van der Waals surface area contributed by atoms with Crippen LogP contribution in [0.15, 0.2) is 91.0 Å². The molecule has 9 nitrogen and oxygen atoms in total. The molecular weight excluding hydrogens is 584 g/mol. The van der Waals surface area contributed by atoms with Gasteiger partial charge in [0.05, 0.1) is 40.4 Å². The fourth-order valence-corrected chi connectivity index (χ4v) is 7.45. The summed E-state index contributed by atoms with van der Waals surface area (Å²) in [4.78, 5) is 46.7. The lowest BCUT2D eigenvalue weighted by Crippen LogP contribution is -2.51. The number of methoxy groups -OCH3 is 4. The van der Waals surface area contributed by atoms with E-state index in [4.69, 9.17) is 18.9 Å². The molecule has 7 rings (SSSR count). The number of ketones is 2. The summed E-state index contributed by atoms with van der Waals surface area (Å²) in [7, 11) is 6.04. The molecule has 1 saturated heterocycles. The van der Waals surface area contributed by atoms with E-state index in [1.54, 1.807) is 36.4 Å². The first-order valence-electron chi connectivity index (χ1n) is 14.9. The monoisotopic (exact) mass is 616 g/mol. The van der Waals surface area contributed by atoms with Gasteiger partial charge in [0.15, 0.2) is 34.6 Å². The van der Waals surface area contributed by atoms with Crippen LogP contribution in [0.1, 0.15) is 31.8 Å². The normalized spacial score (nSPS) is 22.0. The summed E-state index contributed by atoms with van der Waals surface area (Å²) >= 11 is 0. The molecule has 232 valence electrons. The quantitative estimate of drug-likeness (QED) is 0.256. The van der Waals surface area contributed by atoms with E-state index >= 15 is 9.59 Å². The molecule has 1 amide bonds. The highest BCUT2D eigenvalue weighted by Crippen LogP contribution is 2.58. The Labute approximate surface area is 266 Å². The second-order valence-corrected chi connectivity index (χ2v) is 11.4. The summed E-state index contributed by atoms with van der Waals surface area (Å²) in [5.74, 6) is -0.518. The van der Waals surface area contributed by atoms with Crippen LogP contribution in [0, 0.1) is 5.92 Å². The predicted molar refractivity (Wildman–Crippen MR) is 174 cm³/mol. The first kappa shape index (κ1) is 29.2. The number of amides is 1. The topological polar surface area (TPSA) is 103 Å². The maximum atomic E-state index is 15.1. The zero-order valence-corrected chi connectivity index (χ0v) is 25.8. The molecule has 1 fully saturated rings. The SMILES string of the molecule is COc1ccc(C(=O)[C@@H]2[C@H](C(=O)c3ccc(OC)c(OC)c3)[C@]3(C(=O)Nc4ccccc43)[C@@H]3C=Cc4ccccc4N23)cc1OC. The number of hydrogen-bond acceptors (Lipinski definition) is 8. The molecule has 0 radical (unpaired) electrons. The van der Waals surface area contributed by atoms with Gasteiger partial charge in [-0.3, -0.25) is 14.4 Å². The maximum Gasteiger partial charge on any atom is 0.238 e. The van der Waals surface area contributed by atoms with E-state index in [1.807, 2.05) is 65.6 Å². The number of nitrogens with one attached hydrogen (secondary N) is 1. The fourth-order valence-electron chi connectivity index (χ4n) is 7.45. The Balaban J connectivity index is 1.51. The largest absolute Gasteiger partial charge is 0.493 e. The van der Waals surface area contributed by atoms with Crippen LogP contribution >= 0.6 is 0 Å². The van der Waals surface area contributed by atoms with Crippen LogP contribution in [0.3, 0.4) is 0 Å². The molecule has 4 aromatic carbocycles. The lowest BCUT2D eigenvalue weighted by atomic mass is 9.64. The molecule has 3 aliphatic rings. The van der Waals surface area contributed by atoms with Crippen LogP contribution in [0.2, 0.25) is 0 Å². The summed E-state index contributed by atoms with van der Waals surface area (Å²) in [6, 6.07) is 23.2. The Hall–Kier alpha value is -5.57. The third-order valence-electron chi connectivity index (χ3n) is 9.43. The van der Waals surface area contributed by atoms with Crippen LogP contribution in [0.25, 0.3) is 6.08 Å². The van der Waals surface area contributed by atoms with Gasteiger partial charge in [0.25, 0.3) is 0 Å². The van der Waals surface area contributed by atoms with Crippen LogP contribution < -0.4 is 29.2 Å². The number of anilines is 2. The first-order chi connectivity index (χ1) is 22.4. The number of rotatable bonds is 8. The maximum absolute atomic E-state index is 15.1. The number of ether oxygens (including phenoxy) is 4. The van der Waals surface area contributed by atoms with Crippen molar-refractivity contribution in [3.63, 3.8) is 0 Å². The van der Waals surface area contributed by atoms with Crippen molar-refractivity contribution < 1.29 is 33.3 Å². The average Bonchev–Trinajstić information content (AvgIpc) is 3.58. The van der Waals surface area contributed by atoms with Crippen LogP contribution in [0.4, 0.5) is 11.4 Å². The number of carbonyl (C=O) groups excluding carboxylic acids is 3. The Kier molecular flexibility index (Phi) is 7.04. The molecule has 3 heterocycles. The fraction of sp³-hybridized carbons (Fsp3) is 0.216. The summed E-state index contributed by atoms with van der Waals surface area (Å²) in [6.07, 6.45) is 3.91. The smallest absolute Gasteiger partial charge is 0.238 e. The molecule has 1 spiro atoms. The van der Waals surface area contributed by atoms with Gasteiger partial charge in [0.2, 0.25) is 5.91 Å². The molecule has 0 unspecified atom stereocenters. The highest BCUT2D eigenvalue weighted by Gasteiger charge is 2.70. The number of carbonyl (C=O) groups is 3. The van der Waals surface area contributed by atoms with Crippen molar-refractivity contribution in [1.29, 1.82) is 0 Å². The van der Waals surface area contributed by atoms with E-state index in [0.29, 0.717) is 45.4 Å². The highest BCUT2D eigenvalue weighted by atomic mass is 16.5. The van der Waals surface area contributed by atoms with Crippen molar-refractivity contribution in [2.45, 2.75) is 17.5 Å². The molecule has 0 saturated carbocycles. The summed E-state index contributed by atoms with van der Waals surface area (Å²) in [5, 5.41) is 3.05. The van der Waals surface area contributed by atoms with E-state index in [0.717, 1.165) is 11.3 Å². The molecule has 3 aliphatic heterocycles. The van der Waals surface area contributed by atoms with Gasteiger partial charge in [0.1, 0.15) is 11.5 Å². The number of fused-ring (bicyclic) bond motifs is 6. The number of nitrogens with zero attached hydrogens (tertiary/aromatic N) is 1. The van der Waals surface area contributed by atoms with Crippen molar-refractivity contribution >= 4 is 34.9 Å². The summed E-state index contributed by atoms with van der Waals surface area (Å²) in [6.45, 7) is 0. The Morgan fingerprint density at radius 1 is 0.717 bits per heavy atom. The van der Waals surface area contributed by atoms with Crippen molar-refractivity contribution in [3.8, 4) is 23.0 Å². The summed E-state index contributed by atoms with van der Waals surface area (Å²) < 4.78 is 22.0. The standard InChI is InChI=1S/C37H32N2O7/c1-43-27-16-13-22(19-29(27)45-3)34(40)32-33(35(41)23-14-17-28(44-2)30(20-23)46-4)39-26-12-8-5-9-21(26)15-18-31(39)37(32)24-10-6-7-11-25(24)38-36(37)42/h5-20,31-33H,1-4H3,(H,38,42)/t31-,32+,33-,37+/m0/s1. The lowest BCUT2D eigenvalue weighted by Gasteiger charge is -2.37. The van der Waals surface area contributed by atoms with Gasteiger partial charge in [-0.15, -0.1) is 0 Å². The molecule has 9 heteroatoms. The van der Waals surface area contributed by atoms with E-state index in [2.05, 4.69) is 5.32 Å². The van der Waals surface area contributed by atoms with Crippen LogP contribution in [-0.2, 0) is 10.2 Å². The van der Waals surface area contributed by atoms with E-state index in [1.165, 1.54) is 28.4 Å². The van der Waals surface area contributed by atoms with Gasteiger partial charge >= 0.3 is 0 Å². The van der Waals surface area contributed by atoms with E-state index in [-0.39, 0.29) is 17.5 Å². The third-order valence-corrected chi connectivity index (χ3v) is 9.43. The number of Topliss-reactive ketones (excluding diaryl/α,β-unsaturated/α-hetero) is 2. The van der Waals surface area contributed by atoms with Crippen LogP contribution in [0.5, 0.6) is 23.0 Å². The second kappa shape index (κ2) is 11.1. The predicted octanol–water partition coefficient (Wildman–Crippen LogP) is 5.58. The van der Waals surface area contributed by atoms with Crippen molar-refractivity contribution in [2.75, 3.05) is 38.7 Å².